The fourth-order valence-electron chi connectivity index (χ4n) is 2.49. The van der Waals surface area contributed by atoms with Gasteiger partial charge in [-0.2, -0.15) is 0 Å². The van der Waals surface area contributed by atoms with Crippen molar-refractivity contribution in [2.75, 3.05) is 19.6 Å². The molecule has 1 saturated heterocycles. The minimum atomic E-state index is 0.220. The van der Waals surface area contributed by atoms with Crippen molar-refractivity contribution in [2.24, 2.45) is 5.73 Å². The zero-order valence-electron chi connectivity index (χ0n) is 9.42. The molecule has 1 aromatic carbocycles. The van der Waals surface area contributed by atoms with E-state index in [4.69, 9.17) is 5.73 Å². The third-order valence-electron chi connectivity index (χ3n) is 3.58. The second-order valence-corrected chi connectivity index (χ2v) is 4.60. The molecule has 1 aliphatic rings. The fraction of sp³-hybridized carbons (Fsp3) is 0.538. The molecule has 1 aromatic rings. The van der Waals surface area contributed by atoms with Gasteiger partial charge in [-0.15, -0.1) is 0 Å². The minimum absolute atomic E-state index is 0.220. The second-order valence-electron chi connectivity index (χ2n) is 4.60. The van der Waals surface area contributed by atoms with Crippen LogP contribution in [0.4, 0.5) is 0 Å². The molecular formula is C13H20N2. The highest BCUT2D eigenvalue weighted by atomic mass is 14.9. The Labute approximate surface area is 91.9 Å². The highest BCUT2D eigenvalue weighted by molar-refractivity contribution is 5.30. The quantitative estimate of drug-likeness (QED) is 0.767. The van der Waals surface area contributed by atoms with Crippen molar-refractivity contribution in [2.45, 2.75) is 25.2 Å². The Morgan fingerprint density at radius 2 is 2.07 bits per heavy atom. The molecule has 1 fully saturated rings. The lowest BCUT2D eigenvalue weighted by Gasteiger charge is -2.37. The van der Waals surface area contributed by atoms with Crippen molar-refractivity contribution in [1.29, 1.82) is 0 Å². The summed E-state index contributed by atoms with van der Waals surface area (Å²) in [5.41, 5.74) is 8.97. The number of rotatable bonds is 2. The van der Waals surface area contributed by atoms with E-state index in [0.29, 0.717) is 0 Å². The van der Waals surface area contributed by atoms with Gasteiger partial charge in [0.05, 0.1) is 0 Å². The average molecular weight is 204 g/mol. The first kappa shape index (κ1) is 10.7. The van der Waals surface area contributed by atoms with Crippen LogP contribution in [0.2, 0.25) is 0 Å². The van der Waals surface area contributed by atoms with Gasteiger partial charge in [0.15, 0.2) is 0 Å². The first-order valence-corrected chi connectivity index (χ1v) is 5.75. The lowest BCUT2D eigenvalue weighted by atomic mass is 9.73. The molecule has 0 atom stereocenters. The first-order valence-electron chi connectivity index (χ1n) is 5.75. The Kier molecular flexibility index (Phi) is 3.08. The zero-order chi connectivity index (χ0) is 10.7. The van der Waals surface area contributed by atoms with Crippen molar-refractivity contribution in [3.8, 4) is 0 Å². The maximum atomic E-state index is 5.99. The standard InChI is InChI=1S/C13H20N2/c1-11-3-2-4-12(9-11)13(10-14)5-7-15-8-6-13/h2-4,9,15H,5-8,10,14H2,1H3. The molecular weight excluding hydrogens is 184 g/mol. The van der Waals surface area contributed by atoms with Gasteiger partial charge in [0.2, 0.25) is 0 Å². The van der Waals surface area contributed by atoms with E-state index in [1.807, 2.05) is 0 Å². The Morgan fingerprint density at radius 3 is 2.67 bits per heavy atom. The topological polar surface area (TPSA) is 38.0 Å². The minimum Gasteiger partial charge on any atom is -0.330 e. The largest absolute Gasteiger partial charge is 0.330 e. The highest BCUT2D eigenvalue weighted by Gasteiger charge is 2.32. The maximum absolute atomic E-state index is 5.99. The summed E-state index contributed by atoms with van der Waals surface area (Å²) >= 11 is 0. The van der Waals surface area contributed by atoms with Gasteiger partial charge in [-0.25, -0.2) is 0 Å². The Bertz CT molecular complexity index is 327. The van der Waals surface area contributed by atoms with Crippen LogP contribution in [-0.4, -0.2) is 19.6 Å². The molecule has 0 spiro atoms. The highest BCUT2D eigenvalue weighted by Crippen LogP contribution is 2.32. The molecule has 2 rings (SSSR count). The van der Waals surface area contributed by atoms with E-state index >= 15 is 0 Å². The normalized spacial score (nSPS) is 20.1. The SMILES string of the molecule is Cc1cccc(C2(CN)CCNCC2)c1. The van der Waals surface area contributed by atoms with Crippen LogP contribution in [0.15, 0.2) is 24.3 Å². The molecule has 0 saturated carbocycles. The third-order valence-corrected chi connectivity index (χ3v) is 3.58. The molecule has 2 nitrogen and oxygen atoms in total. The van der Waals surface area contributed by atoms with Crippen LogP contribution in [0.1, 0.15) is 24.0 Å². The smallest absolute Gasteiger partial charge is 0.00997 e. The Balaban J connectivity index is 2.32. The summed E-state index contributed by atoms with van der Waals surface area (Å²) in [6.45, 7) is 5.09. The van der Waals surface area contributed by atoms with Crippen LogP contribution in [0.25, 0.3) is 0 Å². The third kappa shape index (κ3) is 2.06. The van der Waals surface area contributed by atoms with Crippen LogP contribution < -0.4 is 11.1 Å². The first-order chi connectivity index (χ1) is 7.27. The summed E-state index contributed by atoms with van der Waals surface area (Å²) in [6, 6.07) is 8.81. The average Bonchev–Trinajstić information content (AvgIpc) is 2.30. The molecule has 0 amide bonds. The van der Waals surface area contributed by atoms with E-state index in [1.54, 1.807) is 0 Å². The molecule has 0 aromatic heterocycles. The fourth-order valence-corrected chi connectivity index (χ4v) is 2.49. The molecule has 3 N–H and O–H groups in total. The second kappa shape index (κ2) is 4.33. The van der Waals surface area contributed by atoms with Crippen LogP contribution in [0.3, 0.4) is 0 Å². The van der Waals surface area contributed by atoms with Gasteiger partial charge in [-0.05, 0) is 38.4 Å². The summed E-state index contributed by atoms with van der Waals surface area (Å²) in [6.07, 6.45) is 2.32. The van der Waals surface area contributed by atoms with Crippen molar-refractivity contribution < 1.29 is 0 Å². The van der Waals surface area contributed by atoms with Gasteiger partial charge in [-0.3, -0.25) is 0 Å². The summed E-state index contributed by atoms with van der Waals surface area (Å²) < 4.78 is 0. The Morgan fingerprint density at radius 1 is 1.33 bits per heavy atom. The Hall–Kier alpha value is -0.860. The lowest BCUT2D eigenvalue weighted by Crippen LogP contribution is -2.44. The molecule has 0 bridgehead atoms. The van der Waals surface area contributed by atoms with Crippen LogP contribution in [-0.2, 0) is 5.41 Å². The lowest BCUT2D eigenvalue weighted by molar-refractivity contribution is 0.315. The van der Waals surface area contributed by atoms with Gasteiger partial charge in [0.25, 0.3) is 0 Å². The van der Waals surface area contributed by atoms with Gasteiger partial charge in [-0.1, -0.05) is 29.8 Å². The van der Waals surface area contributed by atoms with Crippen molar-refractivity contribution >= 4 is 0 Å². The summed E-state index contributed by atoms with van der Waals surface area (Å²) in [5.74, 6) is 0. The number of nitrogens with two attached hydrogens (primary N) is 1. The summed E-state index contributed by atoms with van der Waals surface area (Å²) in [4.78, 5) is 0. The van der Waals surface area contributed by atoms with Crippen molar-refractivity contribution in [1.82, 2.24) is 5.32 Å². The molecule has 0 aliphatic carbocycles. The maximum Gasteiger partial charge on any atom is 0.00997 e. The van der Waals surface area contributed by atoms with Gasteiger partial charge < -0.3 is 11.1 Å². The van der Waals surface area contributed by atoms with E-state index in [2.05, 4.69) is 36.5 Å². The van der Waals surface area contributed by atoms with Crippen molar-refractivity contribution in [3.63, 3.8) is 0 Å². The molecule has 0 unspecified atom stereocenters. The van der Waals surface area contributed by atoms with Crippen LogP contribution in [0.5, 0.6) is 0 Å². The number of hydrogen-bond acceptors (Lipinski definition) is 2. The molecule has 1 heterocycles. The van der Waals surface area contributed by atoms with E-state index in [9.17, 15) is 0 Å². The van der Waals surface area contributed by atoms with Crippen LogP contribution >= 0.6 is 0 Å². The molecule has 2 heteroatoms. The van der Waals surface area contributed by atoms with E-state index in [1.165, 1.54) is 11.1 Å². The van der Waals surface area contributed by atoms with Crippen molar-refractivity contribution in [3.05, 3.63) is 35.4 Å². The number of nitrogens with one attached hydrogen (secondary N) is 1. The van der Waals surface area contributed by atoms with Gasteiger partial charge >= 0.3 is 0 Å². The van der Waals surface area contributed by atoms with Crippen LogP contribution in [0, 0.1) is 6.92 Å². The van der Waals surface area contributed by atoms with Gasteiger partial charge in [0.1, 0.15) is 0 Å². The number of piperidine rings is 1. The summed E-state index contributed by atoms with van der Waals surface area (Å²) in [5, 5.41) is 3.40. The zero-order valence-corrected chi connectivity index (χ0v) is 9.42. The summed E-state index contributed by atoms with van der Waals surface area (Å²) in [7, 11) is 0. The molecule has 15 heavy (non-hydrogen) atoms. The molecule has 0 radical (unpaired) electrons. The van der Waals surface area contributed by atoms with E-state index in [-0.39, 0.29) is 5.41 Å². The number of benzene rings is 1. The predicted molar refractivity (Wildman–Crippen MR) is 64.0 cm³/mol. The predicted octanol–water partition coefficient (Wildman–Crippen LogP) is 1.57. The van der Waals surface area contributed by atoms with E-state index < -0.39 is 0 Å². The number of hydrogen-bond donors (Lipinski definition) is 2. The number of aryl methyl sites for hydroxylation is 1. The molecule has 82 valence electrons. The monoisotopic (exact) mass is 204 g/mol. The van der Waals surface area contributed by atoms with Gasteiger partial charge in [0, 0.05) is 12.0 Å². The van der Waals surface area contributed by atoms with E-state index in [0.717, 1.165) is 32.5 Å². The molecule has 1 aliphatic heterocycles.